The van der Waals surface area contributed by atoms with Gasteiger partial charge in [-0.25, -0.2) is 0 Å². The van der Waals surface area contributed by atoms with Crippen LogP contribution >= 0.6 is 45.2 Å². The van der Waals surface area contributed by atoms with Crippen molar-refractivity contribution in [2.75, 3.05) is 0 Å². The zero-order valence-electron chi connectivity index (χ0n) is 6.40. The van der Waals surface area contributed by atoms with E-state index in [9.17, 15) is 0 Å². The predicted molar refractivity (Wildman–Crippen MR) is 66.4 cm³/mol. The second kappa shape index (κ2) is 3.17. The Morgan fingerprint density at radius 3 is 2.67 bits per heavy atom. The molecule has 0 amide bonds. The molecule has 1 aromatic heterocycles. The lowest BCUT2D eigenvalue weighted by atomic mass is 10.2. The number of halogens is 2. The summed E-state index contributed by atoms with van der Waals surface area (Å²) in [6, 6.07) is 6.32. The summed E-state index contributed by atoms with van der Waals surface area (Å²) in [6.07, 6.45) is 0. The Balaban J connectivity index is 2.88. The molecule has 1 aromatic carbocycles. The summed E-state index contributed by atoms with van der Waals surface area (Å²) in [4.78, 5) is 0. The van der Waals surface area contributed by atoms with Crippen molar-refractivity contribution < 1.29 is 4.42 Å². The normalized spacial score (nSPS) is 10.9. The second-order valence-corrected chi connectivity index (χ2v) is 5.07. The largest absolute Gasteiger partial charge is 0.460 e. The van der Waals surface area contributed by atoms with E-state index in [1.165, 1.54) is 12.5 Å². The zero-order chi connectivity index (χ0) is 8.72. The van der Waals surface area contributed by atoms with Gasteiger partial charge in [-0.05, 0) is 70.3 Å². The van der Waals surface area contributed by atoms with Gasteiger partial charge in [0.25, 0.3) is 0 Å². The Hall–Kier alpha value is 0.220. The van der Waals surface area contributed by atoms with Crippen LogP contribution in [0.3, 0.4) is 0 Å². The first-order chi connectivity index (χ1) is 5.66. The third-order valence-corrected chi connectivity index (χ3v) is 3.08. The van der Waals surface area contributed by atoms with Gasteiger partial charge < -0.3 is 4.42 Å². The van der Waals surface area contributed by atoms with Gasteiger partial charge in [-0.1, -0.05) is 0 Å². The van der Waals surface area contributed by atoms with Crippen molar-refractivity contribution in [1.82, 2.24) is 0 Å². The molecule has 2 aromatic rings. The van der Waals surface area contributed by atoms with E-state index in [0.717, 1.165) is 11.3 Å². The minimum atomic E-state index is 0.977. The van der Waals surface area contributed by atoms with Crippen LogP contribution in [0.25, 0.3) is 11.0 Å². The Kier molecular flexibility index (Phi) is 2.33. The summed E-state index contributed by atoms with van der Waals surface area (Å²) >= 11 is 4.61. The van der Waals surface area contributed by atoms with Gasteiger partial charge >= 0.3 is 0 Å². The molecule has 0 bridgehead atoms. The number of benzene rings is 1. The third-order valence-electron chi connectivity index (χ3n) is 1.66. The number of aryl methyl sites for hydroxylation is 1. The summed E-state index contributed by atoms with van der Waals surface area (Å²) < 4.78 is 7.98. The number of hydrogen-bond donors (Lipinski definition) is 0. The van der Waals surface area contributed by atoms with Crippen LogP contribution in [-0.4, -0.2) is 0 Å². The first-order valence-electron chi connectivity index (χ1n) is 3.52. The van der Waals surface area contributed by atoms with E-state index in [0.29, 0.717) is 0 Å². The number of rotatable bonds is 0. The molecule has 3 heteroatoms. The molecule has 0 saturated heterocycles. The molecular formula is C9H6I2O. The van der Waals surface area contributed by atoms with Crippen molar-refractivity contribution in [3.05, 3.63) is 31.1 Å². The lowest BCUT2D eigenvalue weighted by Crippen LogP contribution is -1.75. The highest BCUT2D eigenvalue weighted by atomic mass is 127. The lowest BCUT2D eigenvalue weighted by Gasteiger charge is -1.93. The van der Waals surface area contributed by atoms with Crippen molar-refractivity contribution in [2.24, 2.45) is 0 Å². The minimum absolute atomic E-state index is 0.977. The van der Waals surface area contributed by atoms with Crippen LogP contribution in [0.1, 0.15) is 5.76 Å². The van der Waals surface area contributed by atoms with Crippen LogP contribution in [0.5, 0.6) is 0 Å². The monoisotopic (exact) mass is 384 g/mol. The van der Waals surface area contributed by atoms with Gasteiger partial charge in [0.15, 0.2) is 0 Å². The molecule has 0 fully saturated rings. The predicted octanol–water partition coefficient (Wildman–Crippen LogP) is 3.95. The van der Waals surface area contributed by atoms with Crippen LogP contribution in [0, 0.1) is 14.1 Å². The van der Waals surface area contributed by atoms with Gasteiger partial charge in [-0.3, -0.25) is 0 Å². The van der Waals surface area contributed by atoms with Gasteiger partial charge in [0.05, 0.1) is 3.57 Å². The van der Waals surface area contributed by atoms with E-state index < -0.39 is 0 Å². The topological polar surface area (TPSA) is 13.1 Å². The Labute approximate surface area is 97.8 Å². The van der Waals surface area contributed by atoms with Crippen LogP contribution in [0.2, 0.25) is 0 Å². The van der Waals surface area contributed by atoms with Crippen molar-refractivity contribution in [3.63, 3.8) is 0 Å². The van der Waals surface area contributed by atoms with Gasteiger partial charge in [0.2, 0.25) is 0 Å². The number of hydrogen-bond acceptors (Lipinski definition) is 1. The molecule has 0 saturated carbocycles. The smallest absolute Gasteiger partial charge is 0.147 e. The van der Waals surface area contributed by atoms with E-state index in [4.69, 9.17) is 4.42 Å². The van der Waals surface area contributed by atoms with Crippen molar-refractivity contribution >= 4 is 56.2 Å². The molecule has 0 aliphatic heterocycles. The number of furan rings is 1. The minimum Gasteiger partial charge on any atom is -0.460 e. The van der Waals surface area contributed by atoms with Crippen LogP contribution in [-0.2, 0) is 0 Å². The summed E-state index contributed by atoms with van der Waals surface area (Å²) in [5, 5.41) is 1.20. The molecular weight excluding hydrogens is 378 g/mol. The van der Waals surface area contributed by atoms with Gasteiger partial charge in [0.1, 0.15) is 11.3 Å². The molecule has 0 atom stereocenters. The molecule has 62 valence electrons. The van der Waals surface area contributed by atoms with E-state index in [1.807, 2.05) is 6.92 Å². The fraction of sp³-hybridized carbons (Fsp3) is 0.111. The maximum absolute atomic E-state index is 5.54. The zero-order valence-corrected chi connectivity index (χ0v) is 10.7. The van der Waals surface area contributed by atoms with Crippen LogP contribution in [0.4, 0.5) is 0 Å². The highest BCUT2D eigenvalue weighted by Gasteiger charge is 2.04. The molecule has 2 rings (SSSR count). The van der Waals surface area contributed by atoms with Gasteiger partial charge in [0, 0.05) is 8.96 Å². The van der Waals surface area contributed by atoms with Crippen LogP contribution < -0.4 is 0 Å². The summed E-state index contributed by atoms with van der Waals surface area (Å²) in [7, 11) is 0. The van der Waals surface area contributed by atoms with Crippen molar-refractivity contribution in [2.45, 2.75) is 6.92 Å². The van der Waals surface area contributed by atoms with E-state index >= 15 is 0 Å². The highest BCUT2D eigenvalue weighted by molar-refractivity contribution is 14.1. The van der Waals surface area contributed by atoms with Crippen LogP contribution in [0.15, 0.2) is 22.6 Å². The van der Waals surface area contributed by atoms with E-state index in [-0.39, 0.29) is 0 Å². The van der Waals surface area contributed by atoms with E-state index in [2.05, 4.69) is 63.4 Å². The average Bonchev–Trinajstić information content (AvgIpc) is 2.29. The van der Waals surface area contributed by atoms with E-state index in [1.54, 1.807) is 0 Å². The molecule has 0 radical (unpaired) electrons. The highest BCUT2D eigenvalue weighted by Crippen LogP contribution is 2.26. The first-order valence-corrected chi connectivity index (χ1v) is 5.68. The summed E-state index contributed by atoms with van der Waals surface area (Å²) in [5.41, 5.74) is 1.01. The maximum Gasteiger partial charge on any atom is 0.147 e. The van der Waals surface area contributed by atoms with Crippen molar-refractivity contribution in [3.8, 4) is 0 Å². The standard InChI is InChI=1S/C9H6I2O/c1-5-2-6-3-7(10)4-8(11)9(6)12-5/h2-4H,1H3. The molecule has 0 aliphatic rings. The molecule has 12 heavy (non-hydrogen) atoms. The number of fused-ring (bicyclic) bond motifs is 1. The molecule has 0 spiro atoms. The molecule has 1 heterocycles. The van der Waals surface area contributed by atoms with Gasteiger partial charge in [-0.15, -0.1) is 0 Å². The lowest BCUT2D eigenvalue weighted by molar-refractivity contribution is 0.577. The molecule has 1 nitrogen and oxygen atoms in total. The molecule has 0 N–H and O–H groups in total. The summed E-state index contributed by atoms with van der Waals surface area (Å²) in [6.45, 7) is 1.98. The van der Waals surface area contributed by atoms with Gasteiger partial charge in [-0.2, -0.15) is 0 Å². The maximum atomic E-state index is 5.54. The quantitative estimate of drug-likeness (QED) is 0.628. The fourth-order valence-electron chi connectivity index (χ4n) is 1.20. The summed E-state index contributed by atoms with van der Waals surface area (Å²) in [5.74, 6) is 0.977. The Morgan fingerprint density at radius 2 is 1.92 bits per heavy atom. The fourth-order valence-corrected chi connectivity index (χ4v) is 3.20. The average molecular weight is 384 g/mol. The Morgan fingerprint density at radius 1 is 1.17 bits per heavy atom. The second-order valence-electron chi connectivity index (χ2n) is 2.66. The molecule has 0 unspecified atom stereocenters. The first kappa shape index (κ1) is 8.80. The third kappa shape index (κ3) is 1.48. The molecule has 0 aliphatic carbocycles. The SMILES string of the molecule is Cc1cc2cc(I)cc(I)c2o1. The Bertz CT molecular complexity index is 431. The van der Waals surface area contributed by atoms with Crippen molar-refractivity contribution in [1.29, 1.82) is 0 Å².